The summed E-state index contributed by atoms with van der Waals surface area (Å²) >= 11 is 0. The second kappa shape index (κ2) is 7.18. The van der Waals surface area contributed by atoms with E-state index in [2.05, 4.69) is 10.3 Å². The van der Waals surface area contributed by atoms with E-state index in [1.807, 2.05) is 59.3 Å². The van der Waals surface area contributed by atoms with Gasteiger partial charge in [-0.2, -0.15) is 0 Å². The molecule has 4 rings (SSSR count). The first-order valence-corrected chi connectivity index (χ1v) is 10.9. The number of carbonyl (C=O) groups is 1. The molecule has 1 N–H and O–H groups in total. The van der Waals surface area contributed by atoms with Crippen LogP contribution < -0.4 is 5.32 Å². The van der Waals surface area contributed by atoms with Crippen LogP contribution in [0.2, 0.25) is 0 Å². The molecule has 146 valence electrons. The van der Waals surface area contributed by atoms with Gasteiger partial charge in [0.15, 0.2) is 9.84 Å². The number of carbonyl (C=O) groups excluding carboxylic acids is 1. The Morgan fingerprint density at radius 1 is 1.03 bits per heavy atom. The van der Waals surface area contributed by atoms with E-state index in [-0.39, 0.29) is 10.8 Å². The van der Waals surface area contributed by atoms with Crippen LogP contribution in [0.4, 0.5) is 5.69 Å². The highest BCUT2D eigenvalue weighted by Crippen LogP contribution is 2.22. The summed E-state index contributed by atoms with van der Waals surface area (Å²) in [6.45, 7) is 1.72. The number of hydrogen-bond acceptors (Lipinski definition) is 4. The molecule has 2 heterocycles. The summed E-state index contributed by atoms with van der Waals surface area (Å²) < 4.78 is 25.3. The highest BCUT2D eigenvalue weighted by molar-refractivity contribution is 7.90. The highest BCUT2D eigenvalue weighted by Gasteiger charge is 2.14. The summed E-state index contributed by atoms with van der Waals surface area (Å²) in [7, 11) is -3.31. The van der Waals surface area contributed by atoms with Crippen LogP contribution in [0.5, 0.6) is 0 Å². The smallest absolute Gasteiger partial charge is 0.255 e. The summed E-state index contributed by atoms with van der Waals surface area (Å²) in [5, 5.41) is 2.85. The molecule has 2 aromatic carbocycles. The van der Waals surface area contributed by atoms with Gasteiger partial charge in [-0.05, 0) is 55.0 Å². The molecule has 0 aliphatic heterocycles. The molecule has 29 heavy (non-hydrogen) atoms. The molecular formula is C22H19N3O3S. The number of sulfone groups is 1. The van der Waals surface area contributed by atoms with Crippen LogP contribution >= 0.6 is 0 Å². The van der Waals surface area contributed by atoms with Crippen molar-refractivity contribution in [2.45, 2.75) is 11.8 Å². The number of amides is 1. The predicted octanol–water partition coefficient (Wildman–Crippen LogP) is 3.97. The first-order valence-electron chi connectivity index (χ1n) is 8.97. The van der Waals surface area contributed by atoms with Crippen LogP contribution in [0, 0.1) is 6.92 Å². The Labute approximate surface area is 168 Å². The Morgan fingerprint density at radius 3 is 2.45 bits per heavy atom. The van der Waals surface area contributed by atoms with Gasteiger partial charge in [0.1, 0.15) is 5.65 Å². The van der Waals surface area contributed by atoms with E-state index in [9.17, 15) is 13.2 Å². The van der Waals surface area contributed by atoms with Gasteiger partial charge < -0.3 is 9.72 Å². The molecule has 4 aromatic rings. The summed E-state index contributed by atoms with van der Waals surface area (Å²) in [5.41, 5.74) is 4.34. The van der Waals surface area contributed by atoms with E-state index in [1.165, 1.54) is 18.2 Å². The Bertz CT molecular complexity index is 1290. The molecular weight excluding hydrogens is 386 g/mol. The Hall–Kier alpha value is -3.45. The largest absolute Gasteiger partial charge is 0.322 e. The fraction of sp³-hybridized carbons (Fsp3) is 0.0909. The summed E-state index contributed by atoms with van der Waals surface area (Å²) in [6, 6.07) is 17.8. The van der Waals surface area contributed by atoms with E-state index in [0.717, 1.165) is 23.2 Å². The van der Waals surface area contributed by atoms with Gasteiger partial charge in [-0.1, -0.05) is 18.2 Å². The number of rotatable bonds is 4. The zero-order valence-electron chi connectivity index (χ0n) is 16.0. The number of aryl methyl sites for hydroxylation is 1. The lowest BCUT2D eigenvalue weighted by Crippen LogP contribution is -2.14. The van der Waals surface area contributed by atoms with Crippen molar-refractivity contribution in [1.82, 2.24) is 9.38 Å². The predicted molar refractivity (Wildman–Crippen MR) is 113 cm³/mol. The highest BCUT2D eigenvalue weighted by atomic mass is 32.2. The standard InChI is InChI=1S/C22H19N3O3S/c1-15-13-18(29(2,27)28)10-11-19(15)22(26)23-17-8-6-16(7-9-17)20-14-25-12-4-3-5-21(25)24-20/h3-14H,1-2H3,(H,23,26). The van der Waals surface area contributed by atoms with Crippen LogP contribution in [-0.2, 0) is 9.84 Å². The summed E-state index contributed by atoms with van der Waals surface area (Å²) in [4.78, 5) is 17.4. The minimum atomic E-state index is -3.31. The van der Waals surface area contributed by atoms with Crippen molar-refractivity contribution in [2.24, 2.45) is 0 Å². The number of imidazole rings is 1. The van der Waals surface area contributed by atoms with Gasteiger partial charge in [0.2, 0.25) is 0 Å². The number of nitrogens with zero attached hydrogens (tertiary/aromatic N) is 2. The van der Waals surface area contributed by atoms with Crippen molar-refractivity contribution in [3.63, 3.8) is 0 Å². The molecule has 1 amide bonds. The van der Waals surface area contributed by atoms with E-state index in [0.29, 0.717) is 16.8 Å². The molecule has 0 atom stereocenters. The number of anilines is 1. The summed E-state index contributed by atoms with van der Waals surface area (Å²) in [5.74, 6) is -0.289. The minimum Gasteiger partial charge on any atom is -0.322 e. The van der Waals surface area contributed by atoms with Crippen LogP contribution in [-0.4, -0.2) is 30.0 Å². The average molecular weight is 405 g/mol. The van der Waals surface area contributed by atoms with E-state index >= 15 is 0 Å². The van der Waals surface area contributed by atoms with Gasteiger partial charge in [0, 0.05) is 35.5 Å². The first-order chi connectivity index (χ1) is 13.8. The Morgan fingerprint density at radius 2 is 1.79 bits per heavy atom. The van der Waals surface area contributed by atoms with Crippen LogP contribution in [0.15, 0.2) is 78.0 Å². The third kappa shape index (κ3) is 3.90. The maximum Gasteiger partial charge on any atom is 0.255 e. The van der Waals surface area contributed by atoms with Crippen molar-refractivity contribution in [2.75, 3.05) is 11.6 Å². The number of pyridine rings is 1. The third-order valence-electron chi connectivity index (χ3n) is 4.67. The molecule has 0 saturated heterocycles. The zero-order valence-corrected chi connectivity index (χ0v) is 16.8. The van der Waals surface area contributed by atoms with E-state index in [4.69, 9.17) is 0 Å². The van der Waals surface area contributed by atoms with Gasteiger partial charge in [-0.25, -0.2) is 13.4 Å². The minimum absolute atomic E-state index is 0.198. The lowest BCUT2D eigenvalue weighted by atomic mass is 10.1. The zero-order chi connectivity index (χ0) is 20.6. The molecule has 0 aliphatic carbocycles. The fourth-order valence-corrected chi connectivity index (χ4v) is 3.82. The Kier molecular flexibility index (Phi) is 4.68. The third-order valence-corrected chi connectivity index (χ3v) is 5.78. The van der Waals surface area contributed by atoms with Crippen molar-refractivity contribution in [1.29, 1.82) is 0 Å². The molecule has 2 aromatic heterocycles. The molecule has 6 nitrogen and oxygen atoms in total. The van der Waals surface area contributed by atoms with Gasteiger partial charge in [0.25, 0.3) is 5.91 Å². The topological polar surface area (TPSA) is 80.5 Å². The maximum absolute atomic E-state index is 12.6. The number of aromatic nitrogens is 2. The molecule has 0 radical (unpaired) electrons. The molecule has 0 bridgehead atoms. The molecule has 0 spiro atoms. The molecule has 0 saturated carbocycles. The number of fused-ring (bicyclic) bond motifs is 1. The van der Waals surface area contributed by atoms with E-state index < -0.39 is 9.84 Å². The average Bonchev–Trinajstić information content (AvgIpc) is 3.12. The lowest BCUT2D eigenvalue weighted by molar-refractivity contribution is 0.102. The lowest BCUT2D eigenvalue weighted by Gasteiger charge is -2.09. The maximum atomic E-state index is 12.6. The molecule has 0 aliphatic rings. The monoisotopic (exact) mass is 405 g/mol. The number of benzene rings is 2. The SMILES string of the molecule is Cc1cc(S(C)(=O)=O)ccc1C(=O)Nc1ccc(-c2cn3ccccc3n2)cc1. The molecule has 0 unspecified atom stereocenters. The van der Waals surface area contributed by atoms with Crippen LogP contribution in [0.3, 0.4) is 0 Å². The number of nitrogens with one attached hydrogen (secondary N) is 1. The van der Waals surface area contributed by atoms with Gasteiger partial charge in [-0.15, -0.1) is 0 Å². The normalized spacial score (nSPS) is 11.5. The first kappa shape index (κ1) is 18.9. The van der Waals surface area contributed by atoms with Crippen molar-refractivity contribution in [3.05, 3.63) is 84.2 Å². The van der Waals surface area contributed by atoms with Crippen LogP contribution in [0.1, 0.15) is 15.9 Å². The van der Waals surface area contributed by atoms with Crippen molar-refractivity contribution >= 4 is 27.1 Å². The quantitative estimate of drug-likeness (QED) is 0.557. The summed E-state index contributed by atoms with van der Waals surface area (Å²) in [6.07, 6.45) is 5.04. The molecule has 0 fully saturated rings. The van der Waals surface area contributed by atoms with Crippen molar-refractivity contribution < 1.29 is 13.2 Å². The molecule has 7 heteroatoms. The van der Waals surface area contributed by atoms with Gasteiger partial charge >= 0.3 is 0 Å². The van der Waals surface area contributed by atoms with Gasteiger partial charge in [0.05, 0.1) is 10.6 Å². The van der Waals surface area contributed by atoms with Crippen molar-refractivity contribution in [3.8, 4) is 11.3 Å². The number of hydrogen-bond donors (Lipinski definition) is 1. The fourth-order valence-electron chi connectivity index (χ4n) is 3.12. The van der Waals surface area contributed by atoms with E-state index in [1.54, 1.807) is 6.92 Å². The van der Waals surface area contributed by atoms with Gasteiger partial charge in [-0.3, -0.25) is 4.79 Å². The van der Waals surface area contributed by atoms with Crippen LogP contribution in [0.25, 0.3) is 16.9 Å². The second-order valence-electron chi connectivity index (χ2n) is 6.87. The Balaban J connectivity index is 1.53. The second-order valence-corrected chi connectivity index (χ2v) is 8.89.